The summed E-state index contributed by atoms with van der Waals surface area (Å²) in [5.74, 6) is 0.0539. The molecule has 0 fully saturated rings. The van der Waals surface area contributed by atoms with Gasteiger partial charge in [-0.3, -0.25) is 4.79 Å². The van der Waals surface area contributed by atoms with Crippen molar-refractivity contribution in [3.63, 3.8) is 0 Å². The van der Waals surface area contributed by atoms with Crippen LogP contribution in [0.3, 0.4) is 0 Å². The van der Waals surface area contributed by atoms with Crippen LogP contribution in [0.2, 0.25) is 0 Å². The van der Waals surface area contributed by atoms with Crippen LogP contribution in [0, 0.1) is 0 Å². The second-order valence-corrected chi connectivity index (χ2v) is 6.79. The van der Waals surface area contributed by atoms with Gasteiger partial charge in [0.2, 0.25) is 5.91 Å². The van der Waals surface area contributed by atoms with Crippen molar-refractivity contribution in [1.82, 2.24) is 5.32 Å². The van der Waals surface area contributed by atoms with Gasteiger partial charge in [-0.2, -0.15) is 0 Å². The van der Waals surface area contributed by atoms with Crippen LogP contribution in [-0.2, 0) is 24.3 Å². The minimum Gasteiger partial charge on any atom is -0.352 e. The lowest BCUT2D eigenvalue weighted by Crippen LogP contribution is -3.04. The molecule has 2 N–H and O–H groups in total. The zero-order valence-electron chi connectivity index (χ0n) is 14.9. The van der Waals surface area contributed by atoms with Crippen molar-refractivity contribution in [3.8, 4) is 0 Å². The third kappa shape index (κ3) is 4.68. The molecular weight excluding hydrogens is 308 g/mol. The maximum absolute atomic E-state index is 12.3. The molecule has 3 aromatic carbocycles. The number of carbonyl (C=O) groups is 1. The minimum atomic E-state index is 0.0539. The molecule has 0 aliphatic heterocycles. The second kappa shape index (κ2) is 7.95. The van der Waals surface area contributed by atoms with Gasteiger partial charge in [0.1, 0.15) is 6.54 Å². The highest BCUT2D eigenvalue weighted by atomic mass is 16.1. The van der Waals surface area contributed by atoms with E-state index in [0.29, 0.717) is 13.0 Å². The van der Waals surface area contributed by atoms with Gasteiger partial charge in [0, 0.05) is 12.1 Å². The van der Waals surface area contributed by atoms with Crippen LogP contribution in [0.1, 0.15) is 16.7 Å². The molecule has 0 aliphatic carbocycles. The van der Waals surface area contributed by atoms with Crippen molar-refractivity contribution in [2.75, 3.05) is 14.1 Å². The standard InChI is InChI=1S/C22H24N2O/c1-24(2)16-18-12-10-17(11-13-18)15-23-22(25)14-20-8-5-7-19-6-3-4-9-21(19)20/h3-13H,14-16H2,1-2H3,(H,23,25)/p+1. The molecule has 3 aromatic rings. The van der Waals surface area contributed by atoms with E-state index >= 15 is 0 Å². The third-order valence-electron chi connectivity index (χ3n) is 4.30. The lowest BCUT2D eigenvalue weighted by atomic mass is 10.0. The predicted molar refractivity (Wildman–Crippen MR) is 102 cm³/mol. The molecule has 0 bridgehead atoms. The maximum Gasteiger partial charge on any atom is 0.224 e. The molecule has 3 rings (SSSR count). The highest BCUT2D eigenvalue weighted by Gasteiger charge is 2.07. The first-order valence-corrected chi connectivity index (χ1v) is 8.72. The van der Waals surface area contributed by atoms with E-state index in [4.69, 9.17) is 0 Å². The number of fused-ring (bicyclic) bond motifs is 1. The fourth-order valence-corrected chi connectivity index (χ4v) is 3.07. The summed E-state index contributed by atoms with van der Waals surface area (Å²) in [5, 5.41) is 5.35. The van der Waals surface area contributed by atoms with Crippen LogP contribution in [0.4, 0.5) is 0 Å². The average Bonchev–Trinajstić information content (AvgIpc) is 2.61. The highest BCUT2D eigenvalue weighted by Crippen LogP contribution is 2.18. The Balaban J connectivity index is 1.59. The van der Waals surface area contributed by atoms with Crippen molar-refractivity contribution in [3.05, 3.63) is 83.4 Å². The van der Waals surface area contributed by atoms with E-state index in [0.717, 1.165) is 23.1 Å². The fraction of sp³-hybridized carbons (Fsp3) is 0.227. The van der Waals surface area contributed by atoms with Gasteiger partial charge >= 0.3 is 0 Å². The molecule has 128 valence electrons. The van der Waals surface area contributed by atoms with Gasteiger partial charge in [0.15, 0.2) is 0 Å². The van der Waals surface area contributed by atoms with E-state index in [1.807, 2.05) is 24.3 Å². The molecule has 3 nitrogen and oxygen atoms in total. The summed E-state index contributed by atoms with van der Waals surface area (Å²) < 4.78 is 0. The molecule has 3 heteroatoms. The molecule has 1 amide bonds. The number of hydrogen-bond donors (Lipinski definition) is 2. The zero-order valence-corrected chi connectivity index (χ0v) is 14.9. The summed E-state index contributed by atoms with van der Waals surface area (Å²) in [4.78, 5) is 13.7. The third-order valence-corrected chi connectivity index (χ3v) is 4.30. The summed E-state index contributed by atoms with van der Waals surface area (Å²) in [6.07, 6.45) is 0.406. The Morgan fingerprint density at radius 3 is 2.32 bits per heavy atom. The molecule has 0 atom stereocenters. The van der Waals surface area contributed by atoms with Crippen LogP contribution in [-0.4, -0.2) is 20.0 Å². The van der Waals surface area contributed by atoms with E-state index in [9.17, 15) is 4.79 Å². The fourth-order valence-electron chi connectivity index (χ4n) is 3.07. The molecule has 0 radical (unpaired) electrons. The summed E-state index contributed by atoms with van der Waals surface area (Å²) >= 11 is 0. The van der Waals surface area contributed by atoms with Crippen LogP contribution in [0.25, 0.3) is 10.8 Å². The van der Waals surface area contributed by atoms with Gasteiger partial charge < -0.3 is 10.2 Å². The van der Waals surface area contributed by atoms with E-state index < -0.39 is 0 Å². The average molecular weight is 333 g/mol. The van der Waals surface area contributed by atoms with Crippen molar-refractivity contribution in [1.29, 1.82) is 0 Å². The van der Waals surface area contributed by atoms with Crippen LogP contribution < -0.4 is 10.2 Å². The number of hydrogen-bond acceptors (Lipinski definition) is 1. The SMILES string of the molecule is C[NH+](C)Cc1ccc(CNC(=O)Cc2cccc3ccccc23)cc1. The van der Waals surface area contributed by atoms with E-state index in [1.165, 1.54) is 15.8 Å². The molecule has 0 saturated carbocycles. The van der Waals surface area contributed by atoms with Crippen LogP contribution in [0.15, 0.2) is 66.7 Å². The Morgan fingerprint density at radius 1 is 0.880 bits per heavy atom. The number of carbonyl (C=O) groups excluding carboxylic acids is 1. The quantitative estimate of drug-likeness (QED) is 0.713. The molecule has 0 saturated heterocycles. The first-order chi connectivity index (χ1) is 12.1. The summed E-state index contributed by atoms with van der Waals surface area (Å²) in [6.45, 7) is 1.58. The van der Waals surface area contributed by atoms with E-state index in [-0.39, 0.29) is 5.91 Å². The predicted octanol–water partition coefficient (Wildman–Crippen LogP) is 2.34. The second-order valence-electron chi connectivity index (χ2n) is 6.79. The Hall–Kier alpha value is -2.65. The minimum absolute atomic E-state index is 0.0539. The number of rotatable bonds is 6. The van der Waals surface area contributed by atoms with Gasteiger partial charge in [-0.25, -0.2) is 0 Å². The molecule has 0 aromatic heterocycles. The molecule has 0 heterocycles. The normalized spacial score (nSPS) is 11.0. The number of quaternary nitrogens is 1. The first-order valence-electron chi connectivity index (χ1n) is 8.72. The molecule has 25 heavy (non-hydrogen) atoms. The summed E-state index contributed by atoms with van der Waals surface area (Å²) in [7, 11) is 4.28. The van der Waals surface area contributed by atoms with Gasteiger partial charge in [-0.15, -0.1) is 0 Å². The largest absolute Gasteiger partial charge is 0.352 e. The summed E-state index contributed by atoms with van der Waals surface area (Å²) in [6, 6.07) is 22.8. The lowest BCUT2D eigenvalue weighted by molar-refractivity contribution is -0.872. The van der Waals surface area contributed by atoms with Crippen molar-refractivity contribution in [2.45, 2.75) is 19.5 Å². The van der Waals surface area contributed by atoms with Crippen molar-refractivity contribution in [2.24, 2.45) is 0 Å². The van der Waals surface area contributed by atoms with Crippen LogP contribution >= 0.6 is 0 Å². The molecule has 0 aliphatic rings. The smallest absolute Gasteiger partial charge is 0.224 e. The number of benzene rings is 3. The van der Waals surface area contributed by atoms with Gasteiger partial charge in [0.25, 0.3) is 0 Å². The monoisotopic (exact) mass is 333 g/mol. The lowest BCUT2D eigenvalue weighted by Gasteiger charge is -2.10. The highest BCUT2D eigenvalue weighted by molar-refractivity contribution is 5.90. The molecule has 0 unspecified atom stereocenters. The van der Waals surface area contributed by atoms with Crippen LogP contribution in [0.5, 0.6) is 0 Å². The van der Waals surface area contributed by atoms with Crippen molar-refractivity contribution >= 4 is 16.7 Å². The first kappa shape index (κ1) is 17.2. The Kier molecular flexibility index (Phi) is 5.46. The Bertz CT molecular complexity index is 848. The van der Waals surface area contributed by atoms with Crippen molar-refractivity contribution < 1.29 is 9.69 Å². The topological polar surface area (TPSA) is 33.5 Å². The number of nitrogens with one attached hydrogen (secondary N) is 2. The number of amides is 1. The zero-order chi connectivity index (χ0) is 17.6. The maximum atomic E-state index is 12.3. The van der Waals surface area contributed by atoms with Gasteiger partial charge in [-0.1, -0.05) is 66.7 Å². The van der Waals surface area contributed by atoms with E-state index in [2.05, 4.69) is 61.9 Å². The van der Waals surface area contributed by atoms with Gasteiger partial charge in [0.05, 0.1) is 20.5 Å². The molecular formula is C22H25N2O+. The van der Waals surface area contributed by atoms with E-state index in [1.54, 1.807) is 0 Å². The Labute approximate surface area is 149 Å². The molecule has 0 spiro atoms. The Morgan fingerprint density at radius 2 is 1.56 bits per heavy atom. The summed E-state index contributed by atoms with van der Waals surface area (Å²) in [5.41, 5.74) is 3.51. The van der Waals surface area contributed by atoms with Gasteiger partial charge in [-0.05, 0) is 21.9 Å².